The Balaban J connectivity index is 2.07. The lowest BCUT2D eigenvalue weighted by Crippen LogP contribution is -2.45. The van der Waals surface area contributed by atoms with Gasteiger partial charge in [-0.15, -0.1) is 0 Å². The lowest BCUT2D eigenvalue weighted by molar-refractivity contribution is -0.120. The van der Waals surface area contributed by atoms with E-state index in [2.05, 4.69) is 5.32 Å². The quantitative estimate of drug-likeness (QED) is 0.876. The molecule has 0 bridgehead atoms. The lowest BCUT2D eigenvalue weighted by Gasteiger charge is -2.27. The van der Waals surface area contributed by atoms with Crippen molar-refractivity contribution in [1.82, 2.24) is 4.90 Å². The van der Waals surface area contributed by atoms with Gasteiger partial charge in [0.2, 0.25) is 5.91 Å². The number of rotatable bonds is 2. The van der Waals surface area contributed by atoms with Crippen LogP contribution in [0.2, 0.25) is 0 Å². The smallest absolute Gasteiger partial charge is 0.411 e. The SMILES string of the molecule is CC(C)(C)OC(=O)N1CC(O)CC1C(=O)Nc1ccccc1. The molecule has 0 radical (unpaired) electrons. The van der Waals surface area contributed by atoms with Crippen molar-refractivity contribution in [1.29, 1.82) is 0 Å². The molecule has 6 nitrogen and oxygen atoms in total. The Labute approximate surface area is 130 Å². The van der Waals surface area contributed by atoms with Crippen LogP contribution in [0.5, 0.6) is 0 Å². The minimum Gasteiger partial charge on any atom is -0.444 e. The van der Waals surface area contributed by atoms with Gasteiger partial charge in [-0.25, -0.2) is 4.79 Å². The van der Waals surface area contributed by atoms with Crippen molar-refractivity contribution in [2.75, 3.05) is 11.9 Å². The highest BCUT2D eigenvalue weighted by atomic mass is 16.6. The van der Waals surface area contributed by atoms with Crippen molar-refractivity contribution in [2.45, 2.75) is 44.9 Å². The number of amides is 2. The van der Waals surface area contributed by atoms with Crippen LogP contribution in [0, 0.1) is 0 Å². The van der Waals surface area contributed by atoms with E-state index in [0.717, 1.165) is 0 Å². The number of β-amino-alcohol motifs (C(OH)–C–C–N with tert-alkyl or cyclic N) is 1. The highest BCUT2D eigenvalue weighted by Gasteiger charge is 2.40. The number of nitrogens with zero attached hydrogens (tertiary/aromatic N) is 1. The Morgan fingerprint density at radius 3 is 2.50 bits per heavy atom. The topological polar surface area (TPSA) is 78.9 Å². The molecule has 2 unspecified atom stereocenters. The van der Waals surface area contributed by atoms with Gasteiger partial charge in [0, 0.05) is 12.1 Å². The Hall–Kier alpha value is -2.08. The van der Waals surface area contributed by atoms with E-state index in [1.54, 1.807) is 32.9 Å². The highest BCUT2D eigenvalue weighted by Crippen LogP contribution is 2.22. The number of carbonyl (C=O) groups is 2. The summed E-state index contributed by atoms with van der Waals surface area (Å²) in [7, 11) is 0. The summed E-state index contributed by atoms with van der Waals surface area (Å²) in [6.07, 6.45) is -1.10. The van der Waals surface area contributed by atoms with Gasteiger partial charge < -0.3 is 15.2 Å². The predicted molar refractivity (Wildman–Crippen MR) is 82.4 cm³/mol. The van der Waals surface area contributed by atoms with Crippen molar-refractivity contribution >= 4 is 17.7 Å². The first-order valence-electron chi connectivity index (χ1n) is 7.30. The van der Waals surface area contributed by atoms with Crippen LogP contribution in [-0.4, -0.2) is 46.3 Å². The van der Waals surface area contributed by atoms with E-state index < -0.39 is 23.8 Å². The fraction of sp³-hybridized carbons (Fsp3) is 0.500. The molecule has 2 amide bonds. The van der Waals surface area contributed by atoms with Crippen LogP contribution in [0.3, 0.4) is 0 Å². The number of hydrogen-bond donors (Lipinski definition) is 2. The number of ether oxygens (including phenoxy) is 1. The van der Waals surface area contributed by atoms with Crippen molar-refractivity contribution in [2.24, 2.45) is 0 Å². The number of nitrogens with one attached hydrogen (secondary N) is 1. The zero-order chi connectivity index (χ0) is 16.3. The third-order valence-corrected chi connectivity index (χ3v) is 3.25. The summed E-state index contributed by atoms with van der Waals surface area (Å²) >= 11 is 0. The number of likely N-dealkylation sites (tertiary alicyclic amines) is 1. The molecule has 0 aromatic heterocycles. The summed E-state index contributed by atoms with van der Waals surface area (Å²) in [5.74, 6) is -0.325. The molecule has 1 aromatic rings. The van der Waals surface area contributed by atoms with Crippen LogP contribution in [-0.2, 0) is 9.53 Å². The first kappa shape index (κ1) is 16.3. The molecule has 0 spiro atoms. The van der Waals surface area contributed by atoms with Crippen LogP contribution in [0.1, 0.15) is 27.2 Å². The van der Waals surface area contributed by atoms with E-state index in [9.17, 15) is 14.7 Å². The molecule has 2 rings (SSSR count). The van der Waals surface area contributed by atoms with Gasteiger partial charge in [-0.1, -0.05) is 18.2 Å². The van der Waals surface area contributed by atoms with Gasteiger partial charge in [0.15, 0.2) is 0 Å². The van der Waals surface area contributed by atoms with Gasteiger partial charge in [0.05, 0.1) is 12.6 Å². The molecule has 120 valence electrons. The van der Waals surface area contributed by atoms with Crippen LogP contribution < -0.4 is 5.32 Å². The fourth-order valence-corrected chi connectivity index (χ4v) is 2.33. The van der Waals surface area contributed by atoms with Crippen molar-refractivity contribution in [3.05, 3.63) is 30.3 Å². The van der Waals surface area contributed by atoms with Gasteiger partial charge in [-0.2, -0.15) is 0 Å². The Morgan fingerprint density at radius 1 is 1.27 bits per heavy atom. The zero-order valence-electron chi connectivity index (χ0n) is 13.1. The van der Waals surface area contributed by atoms with E-state index in [0.29, 0.717) is 5.69 Å². The number of aliphatic hydroxyl groups is 1. The van der Waals surface area contributed by atoms with Gasteiger partial charge in [-0.05, 0) is 32.9 Å². The molecule has 0 aliphatic carbocycles. The van der Waals surface area contributed by atoms with Crippen LogP contribution in [0.25, 0.3) is 0 Å². The highest BCUT2D eigenvalue weighted by molar-refractivity contribution is 5.97. The van der Waals surface area contributed by atoms with Crippen LogP contribution >= 0.6 is 0 Å². The summed E-state index contributed by atoms with van der Waals surface area (Å²) < 4.78 is 5.30. The molecule has 1 aliphatic rings. The normalized spacial score (nSPS) is 21.5. The molecule has 1 fully saturated rings. The zero-order valence-corrected chi connectivity index (χ0v) is 13.1. The number of hydrogen-bond acceptors (Lipinski definition) is 4. The molecular weight excluding hydrogens is 284 g/mol. The maximum absolute atomic E-state index is 12.4. The molecule has 2 atom stereocenters. The molecule has 6 heteroatoms. The van der Waals surface area contributed by atoms with E-state index >= 15 is 0 Å². The van der Waals surface area contributed by atoms with Crippen LogP contribution in [0.4, 0.5) is 10.5 Å². The molecular formula is C16H22N2O4. The summed E-state index contributed by atoms with van der Waals surface area (Å²) in [6, 6.07) is 8.27. The fourth-order valence-electron chi connectivity index (χ4n) is 2.33. The first-order chi connectivity index (χ1) is 10.3. The summed E-state index contributed by atoms with van der Waals surface area (Å²) in [6.45, 7) is 5.38. The minimum absolute atomic E-state index is 0.0990. The largest absolute Gasteiger partial charge is 0.444 e. The molecule has 1 aliphatic heterocycles. The number of aliphatic hydroxyl groups excluding tert-OH is 1. The van der Waals surface area contributed by atoms with Crippen molar-refractivity contribution in [3.8, 4) is 0 Å². The van der Waals surface area contributed by atoms with Gasteiger partial charge in [-0.3, -0.25) is 9.69 Å². The van der Waals surface area contributed by atoms with E-state index in [1.807, 2.05) is 18.2 Å². The second-order valence-corrected chi connectivity index (χ2v) is 6.39. The molecule has 1 saturated heterocycles. The number of para-hydroxylation sites is 1. The van der Waals surface area contributed by atoms with Gasteiger partial charge in [0.1, 0.15) is 11.6 Å². The molecule has 1 aromatic carbocycles. The summed E-state index contributed by atoms with van der Waals surface area (Å²) in [5, 5.41) is 12.6. The minimum atomic E-state index is -0.731. The maximum atomic E-state index is 12.4. The second kappa shape index (κ2) is 6.36. The molecule has 1 heterocycles. The van der Waals surface area contributed by atoms with E-state index in [4.69, 9.17) is 4.74 Å². The average molecular weight is 306 g/mol. The third-order valence-electron chi connectivity index (χ3n) is 3.25. The monoisotopic (exact) mass is 306 g/mol. The predicted octanol–water partition coefficient (Wildman–Crippen LogP) is 2.00. The van der Waals surface area contributed by atoms with Crippen LogP contribution in [0.15, 0.2) is 30.3 Å². The molecule has 2 N–H and O–H groups in total. The van der Waals surface area contributed by atoms with E-state index in [-0.39, 0.29) is 18.9 Å². The molecule has 22 heavy (non-hydrogen) atoms. The summed E-state index contributed by atoms with van der Waals surface area (Å²) in [5.41, 5.74) is 0.00322. The van der Waals surface area contributed by atoms with Gasteiger partial charge >= 0.3 is 6.09 Å². The molecule has 0 saturated carbocycles. The third kappa shape index (κ3) is 4.21. The summed E-state index contributed by atoms with van der Waals surface area (Å²) in [4.78, 5) is 25.8. The maximum Gasteiger partial charge on any atom is 0.411 e. The average Bonchev–Trinajstić information content (AvgIpc) is 2.80. The van der Waals surface area contributed by atoms with Gasteiger partial charge in [0.25, 0.3) is 0 Å². The number of benzene rings is 1. The Bertz CT molecular complexity index is 539. The second-order valence-electron chi connectivity index (χ2n) is 6.39. The van der Waals surface area contributed by atoms with E-state index in [1.165, 1.54) is 4.90 Å². The van der Waals surface area contributed by atoms with Crippen molar-refractivity contribution < 1.29 is 19.4 Å². The lowest BCUT2D eigenvalue weighted by atomic mass is 10.2. The number of anilines is 1. The standard InChI is InChI=1S/C16H22N2O4/c1-16(2,3)22-15(21)18-10-12(19)9-13(18)14(20)17-11-7-5-4-6-8-11/h4-8,12-13,19H,9-10H2,1-3H3,(H,17,20). The Kier molecular flexibility index (Phi) is 4.71. The first-order valence-corrected chi connectivity index (χ1v) is 7.30. The number of carbonyl (C=O) groups excluding carboxylic acids is 2. The van der Waals surface area contributed by atoms with Crippen molar-refractivity contribution in [3.63, 3.8) is 0 Å². The Morgan fingerprint density at radius 2 is 1.91 bits per heavy atom.